The van der Waals surface area contributed by atoms with Gasteiger partial charge >= 0.3 is 0 Å². The molecule has 1 heterocycles. The van der Waals surface area contributed by atoms with Crippen molar-refractivity contribution in [2.24, 2.45) is 17.8 Å². The Morgan fingerprint density at radius 2 is 2.32 bits per heavy atom. The van der Waals surface area contributed by atoms with Gasteiger partial charge in [-0.15, -0.1) is 0 Å². The Morgan fingerprint density at radius 3 is 2.89 bits per heavy atom. The van der Waals surface area contributed by atoms with Gasteiger partial charge in [-0.3, -0.25) is 4.79 Å². The van der Waals surface area contributed by atoms with Gasteiger partial charge in [0.25, 0.3) is 0 Å². The van der Waals surface area contributed by atoms with Crippen LogP contribution in [-0.2, 0) is 11.3 Å². The molecule has 0 saturated heterocycles. The van der Waals surface area contributed by atoms with E-state index in [0.29, 0.717) is 18.3 Å². The van der Waals surface area contributed by atoms with Gasteiger partial charge in [-0.2, -0.15) is 0 Å². The molecule has 1 aromatic rings. The number of carbonyl (C=O) groups excluding carboxylic acids is 1. The van der Waals surface area contributed by atoms with Crippen LogP contribution in [-0.4, -0.2) is 18.0 Å². The Kier molecular flexibility index (Phi) is 3.40. The standard InChI is InChI=1S/C15H20N2O2/c1-19-14-5-3-11(8-16-14)9-17-15(18)13-7-10-2-4-12(13)6-10/h3,5,8,10,12-13H,2,4,6-7,9H2,1H3,(H,17,18). The number of pyridine rings is 1. The van der Waals surface area contributed by atoms with E-state index in [9.17, 15) is 4.79 Å². The SMILES string of the molecule is COc1ccc(CNC(=O)C2CC3CCC2C3)cn1. The zero-order valence-corrected chi connectivity index (χ0v) is 11.3. The molecule has 1 N–H and O–H groups in total. The van der Waals surface area contributed by atoms with Crippen molar-refractivity contribution in [1.29, 1.82) is 0 Å². The maximum Gasteiger partial charge on any atom is 0.223 e. The molecule has 0 spiro atoms. The first-order valence-corrected chi connectivity index (χ1v) is 7.03. The van der Waals surface area contributed by atoms with Crippen molar-refractivity contribution < 1.29 is 9.53 Å². The van der Waals surface area contributed by atoms with E-state index in [2.05, 4.69) is 10.3 Å². The molecular weight excluding hydrogens is 240 g/mol. The third-order valence-corrected chi connectivity index (χ3v) is 4.55. The lowest BCUT2D eigenvalue weighted by atomic mass is 9.88. The Hall–Kier alpha value is -1.58. The van der Waals surface area contributed by atoms with Crippen molar-refractivity contribution in [3.63, 3.8) is 0 Å². The molecule has 2 saturated carbocycles. The van der Waals surface area contributed by atoms with Crippen molar-refractivity contribution in [3.8, 4) is 5.88 Å². The van der Waals surface area contributed by atoms with Gasteiger partial charge in [0, 0.05) is 24.7 Å². The summed E-state index contributed by atoms with van der Waals surface area (Å²) in [7, 11) is 1.60. The molecule has 3 rings (SSSR count). The summed E-state index contributed by atoms with van der Waals surface area (Å²) in [5.41, 5.74) is 1.01. The summed E-state index contributed by atoms with van der Waals surface area (Å²) in [6.07, 6.45) is 6.68. The van der Waals surface area contributed by atoms with E-state index in [4.69, 9.17) is 4.74 Å². The summed E-state index contributed by atoms with van der Waals surface area (Å²) in [5.74, 6) is 2.53. The first-order chi connectivity index (χ1) is 9.26. The predicted octanol–water partition coefficient (Wildman–Crippen LogP) is 2.14. The van der Waals surface area contributed by atoms with Crippen molar-refractivity contribution in [1.82, 2.24) is 10.3 Å². The molecule has 19 heavy (non-hydrogen) atoms. The van der Waals surface area contributed by atoms with Crippen LogP contribution in [0.4, 0.5) is 0 Å². The van der Waals surface area contributed by atoms with Crippen LogP contribution in [0.3, 0.4) is 0 Å². The highest BCUT2D eigenvalue weighted by molar-refractivity contribution is 5.79. The maximum absolute atomic E-state index is 12.2. The molecule has 4 heteroatoms. The predicted molar refractivity (Wildman–Crippen MR) is 71.6 cm³/mol. The second-order valence-corrected chi connectivity index (χ2v) is 5.71. The molecule has 1 amide bonds. The maximum atomic E-state index is 12.2. The lowest BCUT2D eigenvalue weighted by Gasteiger charge is -2.20. The average Bonchev–Trinajstić information content (AvgIpc) is 3.08. The van der Waals surface area contributed by atoms with Gasteiger partial charge in [0.2, 0.25) is 11.8 Å². The van der Waals surface area contributed by atoms with Crippen LogP contribution in [0, 0.1) is 17.8 Å². The molecule has 0 aliphatic heterocycles. The van der Waals surface area contributed by atoms with E-state index in [1.807, 2.05) is 12.1 Å². The van der Waals surface area contributed by atoms with Gasteiger partial charge in [0.15, 0.2) is 0 Å². The van der Waals surface area contributed by atoms with Crippen molar-refractivity contribution in [2.75, 3.05) is 7.11 Å². The van der Waals surface area contributed by atoms with E-state index in [1.165, 1.54) is 19.3 Å². The third kappa shape index (κ3) is 2.57. The lowest BCUT2D eigenvalue weighted by molar-refractivity contribution is -0.126. The minimum atomic E-state index is 0.225. The molecule has 102 valence electrons. The second kappa shape index (κ2) is 5.19. The molecule has 3 unspecified atom stereocenters. The summed E-state index contributed by atoms with van der Waals surface area (Å²) < 4.78 is 5.01. The number of aromatic nitrogens is 1. The first-order valence-electron chi connectivity index (χ1n) is 7.03. The zero-order chi connectivity index (χ0) is 13.2. The van der Waals surface area contributed by atoms with Gasteiger partial charge in [-0.05, 0) is 36.7 Å². The number of nitrogens with one attached hydrogen (secondary N) is 1. The number of methoxy groups -OCH3 is 1. The van der Waals surface area contributed by atoms with Crippen LogP contribution >= 0.6 is 0 Å². The number of fused-ring (bicyclic) bond motifs is 2. The number of hydrogen-bond acceptors (Lipinski definition) is 3. The Balaban J connectivity index is 1.52. The fourth-order valence-corrected chi connectivity index (χ4v) is 3.52. The van der Waals surface area contributed by atoms with E-state index >= 15 is 0 Å². The Bertz CT molecular complexity index is 458. The summed E-state index contributed by atoms with van der Waals surface area (Å²) in [6, 6.07) is 3.76. The van der Waals surface area contributed by atoms with E-state index in [0.717, 1.165) is 17.9 Å². The molecule has 4 nitrogen and oxygen atoms in total. The highest BCUT2D eigenvalue weighted by Crippen LogP contribution is 2.48. The van der Waals surface area contributed by atoms with Crippen molar-refractivity contribution in [2.45, 2.75) is 32.2 Å². The van der Waals surface area contributed by atoms with Crippen LogP contribution in [0.1, 0.15) is 31.2 Å². The molecule has 2 bridgehead atoms. The van der Waals surface area contributed by atoms with Crippen LogP contribution in [0.25, 0.3) is 0 Å². The van der Waals surface area contributed by atoms with Crippen LogP contribution < -0.4 is 10.1 Å². The smallest absolute Gasteiger partial charge is 0.223 e. The summed E-state index contributed by atoms with van der Waals surface area (Å²) in [6.45, 7) is 0.559. The molecule has 1 aromatic heterocycles. The van der Waals surface area contributed by atoms with E-state index < -0.39 is 0 Å². The zero-order valence-electron chi connectivity index (χ0n) is 11.3. The highest BCUT2D eigenvalue weighted by Gasteiger charge is 2.42. The van der Waals surface area contributed by atoms with Crippen LogP contribution in [0.15, 0.2) is 18.3 Å². The fourth-order valence-electron chi connectivity index (χ4n) is 3.52. The number of carbonyl (C=O) groups is 1. The highest BCUT2D eigenvalue weighted by atomic mass is 16.5. The van der Waals surface area contributed by atoms with Gasteiger partial charge in [0.05, 0.1) is 7.11 Å². The van der Waals surface area contributed by atoms with Crippen LogP contribution in [0.5, 0.6) is 5.88 Å². The van der Waals surface area contributed by atoms with E-state index in [-0.39, 0.29) is 11.8 Å². The summed E-state index contributed by atoms with van der Waals surface area (Å²) in [4.78, 5) is 16.3. The molecule has 3 atom stereocenters. The van der Waals surface area contributed by atoms with Gasteiger partial charge in [0.1, 0.15) is 0 Å². The molecule has 2 aliphatic carbocycles. The lowest BCUT2D eigenvalue weighted by Crippen LogP contribution is -2.33. The van der Waals surface area contributed by atoms with Crippen molar-refractivity contribution in [3.05, 3.63) is 23.9 Å². The Morgan fingerprint density at radius 1 is 1.42 bits per heavy atom. The molecule has 2 fully saturated rings. The molecular formula is C15H20N2O2. The topological polar surface area (TPSA) is 51.2 Å². The Labute approximate surface area is 113 Å². The minimum absolute atomic E-state index is 0.225. The van der Waals surface area contributed by atoms with Crippen molar-refractivity contribution >= 4 is 5.91 Å². The number of nitrogens with zero attached hydrogens (tertiary/aromatic N) is 1. The third-order valence-electron chi connectivity index (χ3n) is 4.55. The first kappa shape index (κ1) is 12.5. The minimum Gasteiger partial charge on any atom is -0.481 e. The van der Waals surface area contributed by atoms with Gasteiger partial charge in [-0.25, -0.2) is 4.98 Å². The van der Waals surface area contributed by atoms with Crippen LogP contribution in [0.2, 0.25) is 0 Å². The molecule has 0 aromatic carbocycles. The average molecular weight is 260 g/mol. The summed E-state index contributed by atoms with van der Waals surface area (Å²) in [5, 5.41) is 3.04. The van der Waals surface area contributed by atoms with Gasteiger partial charge < -0.3 is 10.1 Å². The monoisotopic (exact) mass is 260 g/mol. The quantitative estimate of drug-likeness (QED) is 0.902. The second-order valence-electron chi connectivity index (χ2n) is 5.71. The summed E-state index contributed by atoms with van der Waals surface area (Å²) >= 11 is 0. The number of hydrogen-bond donors (Lipinski definition) is 1. The van der Waals surface area contributed by atoms with E-state index in [1.54, 1.807) is 13.3 Å². The number of rotatable bonds is 4. The molecule has 0 radical (unpaired) electrons. The largest absolute Gasteiger partial charge is 0.481 e. The normalized spacial score (nSPS) is 28.4. The number of ether oxygens (including phenoxy) is 1. The fraction of sp³-hybridized carbons (Fsp3) is 0.600. The number of amides is 1. The van der Waals surface area contributed by atoms with Gasteiger partial charge in [-0.1, -0.05) is 12.5 Å². The molecule has 2 aliphatic rings.